The van der Waals surface area contributed by atoms with Gasteiger partial charge in [-0.3, -0.25) is 0 Å². The number of benzene rings is 2. The highest BCUT2D eigenvalue weighted by Gasteiger charge is 2.10. The summed E-state index contributed by atoms with van der Waals surface area (Å²) in [6.45, 7) is 1.99. The number of halogens is 3. The Bertz CT molecular complexity index is 552. The van der Waals surface area contributed by atoms with Crippen molar-refractivity contribution < 1.29 is 0 Å². The van der Waals surface area contributed by atoms with Gasteiger partial charge in [0.05, 0.1) is 5.38 Å². The normalized spacial score (nSPS) is 12.4. The molecule has 94 valence electrons. The van der Waals surface area contributed by atoms with Gasteiger partial charge in [0.25, 0.3) is 0 Å². The van der Waals surface area contributed by atoms with Crippen molar-refractivity contribution in [2.75, 3.05) is 0 Å². The van der Waals surface area contributed by atoms with Crippen LogP contribution in [0.4, 0.5) is 0 Å². The third kappa shape index (κ3) is 3.50. The van der Waals surface area contributed by atoms with Crippen molar-refractivity contribution in [1.82, 2.24) is 0 Å². The molecule has 0 aliphatic heterocycles. The van der Waals surface area contributed by atoms with E-state index in [1.165, 1.54) is 5.56 Å². The first-order valence-electron chi connectivity index (χ1n) is 5.71. The van der Waals surface area contributed by atoms with Crippen molar-refractivity contribution in [1.29, 1.82) is 0 Å². The Labute approximate surface area is 126 Å². The molecule has 3 heteroatoms. The fraction of sp³-hybridized carbons (Fsp3) is 0.200. The van der Waals surface area contributed by atoms with Gasteiger partial charge in [0, 0.05) is 9.50 Å². The van der Waals surface area contributed by atoms with Gasteiger partial charge in [0.15, 0.2) is 0 Å². The lowest BCUT2D eigenvalue weighted by molar-refractivity contribution is 0.918. The Morgan fingerprint density at radius 2 is 1.94 bits per heavy atom. The van der Waals surface area contributed by atoms with Gasteiger partial charge in [0.1, 0.15) is 0 Å². The summed E-state index contributed by atoms with van der Waals surface area (Å²) in [6.07, 6.45) is 0.792. The molecule has 0 heterocycles. The molecule has 0 saturated heterocycles. The molecule has 1 unspecified atom stereocenters. The second-order valence-electron chi connectivity index (χ2n) is 4.31. The summed E-state index contributed by atoms with van der Waals surface area (Å²) < 4.78 is 1.07. The molecule has 0 amide bonds. The molecule has 0 aliphatic rings. The summed E-state index contributed by atoms with van der Waals surface area (Å²) in [5.74, 6) is 0. The lowest BCUT2D eigenvalue weighted by Gasteiger charge is -2.11. The maximum atomic E-state index is 6.44. The lowest BCUT2D eigenvalue weighted by Crippen LogP contribution is -1.96. The van der Waals surface area contributed by atoms with Crippen LogP contribution in [0.15, 0.2) is 46.9 Å². The first-order valence-corrected chi connectivity index (χ1v) is 7.31. The van der Waals surface area contributed by atoms with Crippen LogP contribution in [0.2, 0.25) is 5.02 Å². The van der Waals surface area contributed by atoms with Crippen LogP contribution in [0.5, 0.6) is 0 Å². The average molecular weight is 344 g/mol. The van der Waals surface area contributed by atoms with Crippen LogP contribution in [0.1, 0.15) is 22.1 Å². The van der Waals surface area contributed by atoms with Crippen LogP contribution in [-0.2, 0) is 6.42 Å². The second kappa shape index (κ2) is 6.10. The fourth-order valence-electron chi connectivity index (χ4n) is 1.79. The topological polar surface area (TPSA) is 0 Å². The van der Waals surface area contributed by atoms with E-state index in [9.17, 15) is 0 Å². The number of alkyl halides is 1. The van der Waals surface area contributed by atoms with E-state index < -0.39 is 0 Å². The summed E-state index contributed by atoms with van der Waals surface area (Å²) in [7, 11) is 0. The van der Waals surface area contributed by atoms with Crippen LogP contribution < -0.4 is 0 Å². The standard InChI is InChI=1S/C15H13BrCl2/c1-10-5-6-12(9-14(10)17)15(18)8-11-3-2-4-13(16)7-11/h2-7,9,15H,8H2,1H3. The molecule has 2 aromatic rings. The highest BCUT2D eigenvalue weighted by Crippen LogP contribution is 2.29. The first kappa shape index (κ1) is 13.9. The third-order valence-corrected chi connectivity index (χ3v) is 4.17. The predicted octanol–water partition coefficient (Wildman–Crippen LogP) is 5.93. The van der Waals surface area contributed by atoms with E-state index in [1.54, 1.807) is 0 Å². The van der Waals surface area contributed by atoms with Crippen LogP contribution in [0, 0.1) is 6.92 Å². The largest absolute Gasteiger partial charge is 0.117 e. The zero-order chi connectivity index (χ0) is 13.1. The maximum absolute atomic E-state index is 6.44. The quantitative estimate of drug-likeness (QED) is 0.605. The smallest absolute Gasteiger partial charge is 0.0626 e. The number of hydrogen-bond acceptors (Lipinski definition) is 0. The zero-order valence-corrected chi connectivity index (χ0v) is 13.1. The van der Waals surface area contributed by atoms with Gasteiger partial charge >= 0.3 is 0 Å². The van der Waals surface area contributed by atoms with Gasteiger partial charge in [-0.25, -0.2) is 0 Å². The summed E-state index contributed by atoms with van der Waals surface area (Å²) in [5, 5.41) is 0.713. The molecule has 0 nitrogen and oxygen atoms in total. The van der Waals surface area contributed by atoms with Crippen molar-refractivity contribution >= 4 is 39.1 Å². The summed E-state index contributed by atoms with van der Waals surface area (Å²) in [6, 6.07) is 14.2. The van der Waals surface area contributed by atoms with Crippen molar-refractivity contribution in [3.8, 4) is 0 Å². The maximum Gasteiger partial charge on any atom is 0.0626 e. The van der Waals surface area contributed by atoms with Crippen LogP contribution in [0.3, 0.4) is 0 Å². The van der Waals surface area contributed by atoms with Crippen molar-refractivity contribution in [3.05, 3.63) is 68.7 Å². The molecule has 2 aromatic carbocycles. The fourth-order valence-corrected chi connectivity index (χ4v) is 2.74. The Hall–Kier alpha value is -0.500. The van der Waals surface area contributed by atoms with E-state index in [4.69, 9.17) is 23.2 Å². The summed E-state index contributed by atoms with van der Waals surface area (Å²) in [4.78, 5) is 0. The van der Waals surface area contributed by atoms with E-state index in [0.717, 1.165) is 27.0 Å². The van der Waals surface area contributed by atoms with E-state index in [1.807, 2.05) is 37.3 Å². The first-order chi connectivity index (χ1) is 8.56. The highest BCUT2D eigenvalue weighted by atomic mass is 79.9. The van der Waals surface area contributed by atoms with Gasteiger partial charge in [-0.2, -0.15) is 0 Å². The Balaban J connectivity index is 2.16. The van der Waals surface area contributed by atoms with E-state index >= 15 is 0 Å². The van der Waals surface area contributed by atoms with Gasteiger partial charge in [-0.15, -0.1) is 11.6 Å². The molecule has 0 spiro atoms. The van der Waals surface area contributed by atoms with Crippen molar-refractivity contribution in [2.45, 2.75) is 18.7 Å². The van der Waals surface area contributed by atoms with E-state index in [2.05, 4.69) is 28.1 Å². The van der Waals surface area contributed by atoms with Crippen molar-refractivity contribution in [2.24, 2.45) is 0 Å². The molecule has 18 heavy (non-hydrogen) atoms. The minimum absolute atomic E-state index is 0.0580. The highest BCUT2D eigenvalue weighted by molar-refractivity contribution is 9.10. The molecular weight excluding hydrogens is 331 g/mol. The number of rotatable bonds is 3. The van der Waals surface area contributed by atoms with Crippen LogP contribution in [-0.4, -0.2) is 0 Å². The molecule has 0 saturated carbocycles. The predicted molar refractivity (Wildman–Crippen MR) is 82.6 cm³/mol. The van der Waals surface area contributed by atoms with Crippen LogP contribution in [0.25, 0.3) is 0 Å². The molecule has 1 atom stereocenters. The molecular formula is C15H13BrCl2. The SMILES string of the molecule is Cc1ccc(C(Cl)Cc2cccc(Br)c2)cc1Cl. The number of hydrogen-bond donors (Lipinski definition) is 0. The molecule has 0 aromatic heterocycles. The molecule has 0 N–H and O–H groups in total. The minimum Gasteiger partial charge on any atom is -0.117 e. The third-order valence-electron chi connectivity index (χ3n) is 2.86. The van der Waals surface area contributed by atoms with E-state index in [0.29, 0.717) is 0 Å². The second-order valence-corrected chi connectivity index (χ2v) is 6.16. The number of aryl methyl sites for hydroxylation is 1. The van der Waals surface area contributed by atoms with E-state index in [-0.39, 0.29) is 5.38 Å². The molecule has 0 bridgehead atoms. The van der Waals surface area contributed by atoms with Crippen molar-refractivity contribution in [3.63, 3.8) is 0 Å². The van der Waals surface area contributed by atoms with Gasteiger partial charge in [-0.05, 0) is 48.2 Å². The zero-order valence-electron chi connectivity index (χ0n) is 9.96. The van der Waals surface area contributed by atoms with Gasteiger partial charge in [-0.1, -0.05) is 51.8 Å². The molecule has 0 radical (unpaired) electrons. The van der Waals surface area contributed by atoms with Gasteiger partial charge in [0.2, 0.25) is 0 Å². The Morgan fingerprint density at radius 3 is 2.61 bits per heavy atom. The Kier molecular flexibility index (Phi) is 4.71. The molecule has 2 rings (SSSR count). The van der Waals surface area contributed by atoms with Gasteiger partial charge < -0.3 is 0 Å². The summed E-state index contributed by atoms with van der Waals surface area (Å²) >= 11 is 16.0. The lowest BCUT2D eigenvalue weighted by atomic mass is 10.0. The molecule has 0 fully saturated rings. The minimum atomic E-state index is -0.0580. The van der Waals surface area contributed by atoms with Crippen LogP contribution >= 0.6 is 39.1 Å². The monoisotopic (exact) mass is 342 g/mol. The Morgan fingerprint density at radius 1 is 1.17 bits per heavy atom. The molecule has 0 aliphatic carbocycles. The summed E-state index contributed by atoms with van der Waals surface area (Å²) in [5.41, 5.74) is 3.35. The average Bonchev–Trinajstić information content (AvgIpc) is 2.32.